The van der Waals surface area contributed by atoms with E-state index in [1.165, 1.54) is 5.57 Å². The number of carboxylic acids is 1. The van der Waals surface area contributed by atoms with Gasteiger partial charge in [0.25, 0.3) is 0 Å². The molecule has 202 valence electrons. The topological polar surface area (TPSA) is 96.3 Å². The monoisotopic (exact) mass is 529 g/mol. The third-order valence-electron chi connectivity index (χ3n) is 7.33. The average Bonchev–Trinajstić information content (AvgIpc) is 3.49. The first-order valence-electron chi connectivity index (χ1n) is 13.3. The number of allylic oxidation sites excluding steroid dienone is 2. The van der Waals surface area contributed by atoms with Crippen LogP contribution in [0.4, 0.5) is 5.69 Å². The first kappa shape index (κ1) is 27.8. The number of aliphatic hydroxyl groups is 1. The van der Waals surface area contributed by atoms with Crippen molar-refractivity contribution in [2.45, 2.75) is 97.0 Å². The summed E-state index contributed by atoms with van der Waals surface area (Å²) in [5.74, 6) is 3.76. The Hall–Kier alpha value is -2.18. The quantitative estimate of drug-likeness (QED) is 0.293. The Kier molecular flexibility index (Phi) is 8.49. The van der Waals surface area contributed by atoms with Crippen LogP contribution in [0.2, 0.25) is 0 Å². The van der Waals surface area contributed by atoms with Crippen LogP contribution in [-0.2, 0) is 14.3 Å². The number of hydrogen-bond acceptors (Lipinski definition) is 6. The molecule has 1 saturated carbocycles. The van der Waals surface area contributed by atoms with Crippen LogP contribution in [0.15, 0.2) is 17.7 Å². The highest BCUT2D eigenvalue weighted by atomic mass is 32.1. The van der Waals surface area contributed by atoms with Crippen molar-refractivity contribution >= 4 is 28.9 Å². The molecule has 0 radical (unpaired) electrons. The van der Waals surface area contributed by atoms with Crippen LogP contribution in [0.1, 0.15) is 93.6 Å². The van der Waals surface area contributed by atoms with Gasteiger partial charge in [-0.25, -0.2) is 4.79 Å². The maximum atomic E-state index is 14.0. The highest BCUT2D eigenvalue weighted by Crippen LogP contribution is 2.40. The molecule has 7 nitrogen and oxygen atoms in total. The van der Waals surface area contributed by atoms with Gasteiger partial charge in [0.15, 0.2) is 5.79 Å². The molecule has 3 aliphatic rings. The number of hydrogen-bond donors (Lipinski definition) is 2. The minimum Gasteiger partial charge on any atom is -0.477 e. The maximum absolute atomic E-state index is 14.0. The van der Waals surface area contributed by atoms with Crippen molar-refractivity contribution in [3.8, 4) is 11.8 Å². The molecule has 2 aliphatic carbocycles. The molecule has 1 amide bonds. The molecule has 8 heteroatoms. The summed E-state index contributed by atoms with van der Waals surface area (Å²) in [6.45, 7) is 9.22. The van der Waals surface area contributed by atoms with E-state index in [0.717, 1.165) is 30.6 Å². The van der Waals surface area contributed by atoms with Gasteiger partial charge in [-0.2, -0.15) is 0 Å². The van der Waals surface area contributed by atoms with E-state index >= 15 is 0 Å². The molecule has 2 atom stereocenters. The van der Waals surface area contributed by atoms with Crippen LogP contribution >= 0.6 is 11.3 Å². The fourth-order valence-corrected chi connectivity index (χ4v) is 6.09. The van der Waals surface area contributed by atoms with Gasteiger partial charge in [0.1, 0.15) is 4.88 Å². The second-order valence-corrected chi connectivity index (χ2v) is 12.7. The van der Waals surface area contributed by atoms with Gasteiger partial charge in [-0.05, 0) is 72.3 Å². The lowest BCUT2D eigenvalue weighted by Crippen LogP contribution is -2.50. The molecule has 37 heavy (non-hydrogen) atoms. The standard InChI is InChI=1S/C29H39NO6S/c1-19-5-7-20(8-6-19)26(31)30(21-9-14-29(34,15-10-21)36-22-12-16-35-18-22)24-17-23(11-13-28(2,3)4)37-25(24)27(32)33/h5,17,20-22,34H,6-10,12,14-16,18H2,1-4H3,(H,32,33)/t20-,21-,22+,29-/m1/s1. The molecular formula is C29H39NO6S. The van der Waals surface area contributed by atoms with Crippen LogP contribution in [0.3, 0.4) is 0 Å². The second kappa shape index (κ2) is 11.3. The van der Waals surface area contributed by atoms with Crippen molar-refractivity contribution < 1.29 is 29.3 Å². The van der Waals surface area contributed by atoms with Crippen LogP contribution in [0.5, 0.6) is 0 Å². The summed E-state index contributed by atoms with van der Waals surface area (Å²) in [4.78, 5) is 28.8. The summed E-state index contributed by atoms with van der Waals surface area (Å²) in [6.07, 6.45) is 6.85. The van der Waals surface area contributed by atoms with E-state index in [4.69, 9.17) is 9.47 Å². The molecule has 4 rings (SSSR count). The minimum atomic E-state index is -1.25. The molecule has 0 unspecified atom stereocenters. The lowest BCUT2D eigenvalue weighted by molar-refractivity contribution is -0.245. The van der Waals surface area contributed by atoms with Crippen molar-refractivity contribution in [3.63, 3.8) is 0 Å². The van der Waals surface area contributed by atoms with Crippen molar-refractivity contribution in [2.24, 2.45) is 11.3 Å². The zero-order chi connectivity index (χ0) is 26.8. The number of thiophene rings is 1. The smallest absolute Gasteiger partial charge is 0.348 e. The summed E-state index contributed by atoms with van der Waals surface area (Å²) < 4.78 is 11.4. The Labute approximate surface area is 223 Å². The molecular weight excluding hydrogens is 490 g/mol. The number of nitrogens with zero attached hydrogens (tertiary/aromatic N) is 1. The van der Waals surface area contributed by atoms with Gasteiger partial charge >= 0.3 is 5.97 Å². The van der Waals surface area contributed by atoms with E-state index in [0.29, 0.717) is 55.9 Å². The van der Waals surface area contributed by atoms with Gasteiger partial charge in [-0.3, -0.25) is 4.79 Å². The molecule has 0 spiro atoms. The highest BCUT2D eigenvalue weighted by molar-refractivity contribution is 7.15. The van der Waals surface area contributed by atoms with Crippen molar-refractivity contribution in [1.29, 1.82) is 0 Å². The predicted octanol–water partition coefficient (Wildman–Crippen LogP) is 5.36. The molecule has 1 saturated heterocycles. The van der Waals surface area contributed by atoms with E-state index < -0.39 is 11.8 Å². The lowest BCUT2D eigenvalue weighted by Gasteiger charge is -2.42. The molecule has 0 bridgehead atoms. The van der Waals surface area contributed by atoms with Gasteiger partial charge in [0.2, 0.25) is 5.91 Å². The first-order chi connectivity index (χ1) is 17.4. The number of carboxylic acid groups (broad SMARTS) is 1. The van der Waals surface area contributed by atoms with E-state index in [2.05, 4.69) is 24.8 Å². The summed E-state index contributed by atoms with van der Waals surface area (Å²) >= 11 is 1.12. The maximum Gasteiger partial charge on any atom is 0.348 e. The normalized spacial score (nSPS) is 28.2. The Bertz CT molecular complexity index is 1090. The zero-order valence-electron chi connectivity index (χ0n) is 22.3. The van der Waals surface area contributed by atoms with Gasteiger partial charge in [-0.15, -0.1) is 11.3 Å². The molecule has 0 aromatic carbocycles. The van der Waals surface area contributed by atoms with Gasteiger partial charge in [-0.1, -0.05) is 23.5 Å². The number of ether oxygens (including phenoxy) is 2. The van der Waals surface area contributed by atoms with Gasteiger partial charge < -0.3 is 24.6 Å². The number of anilines is 1. The van der Waals surface area contributed by atoms with Crippen LogP contribution < -0.4 is 4.90 Å². The van der Waals surface area contributed by atoms with E-state index in [9.17, 15) is 19.8 Å². The molecule has 2 N–H and O–H groups in total. The Balaban J connectivity index is 1.63. The van der Waals surface area contributed by atoms with E-state index in [1.807, 2.05) is 20.8 Å². The van der Waals surface area contributed by atoms with Crippen molar-refractivity contribution in [1.82, 2.24) is 0 Å². The summed E-state index contributed by atoms with van der Waals surface area (Å²) in [6, 6.07) is 1.54. The van der Waals surface area contributed by atoms with E-state index in [1.54, 1.807) is 11.0 Å². The van der Waals surface area contributed by atoms with Crippen LogP contribution in [0, 0.1) is 23.2 Å². The summed E-state index contributed by atoms with van der Waals surface area (Å²) in [5, 5.41) is 21.2. The van der Waals surface area contributed by atoms with Crippen LogP contribution in [-0.4, -0.2) is 53.2 Å². The van der Waals surface area contributed by atoms with Gasteiger partial charge in [0.05, 0.1) is 23.3 Å². The third-order valence-corrected chi connectivity index (χ3v) is 8.35. The number of amides is 1. The number of aromatic carboxylic acids is 1. The van der Waals surface area contributed by atoms with E-state index in [-0.39, 0.29) is 34.3 Å². The Morgan fingerprint density at radius 3 is 2.51 bits per heavy atom. The summed E-state index contributed by atoms with van der Waals surface area (Å²) in [7, 11) is 0. The van der Waals surface area contributed by atoms with Crippen molar-refractivity contribution in [3.05, 3.63) is 27.5 Å². The molecule has 2 fully saturated rings. The minimum absolute atomic E-state index is 0.0417. The predicted molar refractivity (Wildman–Crippen MR) is 144 cm³/mol. The Morgan fingerprint density at radius 1 is 1.22 bits per heavy atom. The third kappa shape index (κ3) is 7.02. The molecule has 1 aliphatic heterocycles. The number of rotatable bonds is 6. The molecule has 2 heterocycles. The summed E-state index contributed by atoms with van der Waals surface area (Å²) in [5.41, 5.74) is 1.48. The number of carbonyl (C=O) groups excluding carboxylic acids is 1. The fraction of sp³-hybridized carbons (Fsp3) is 0.655. The zero-order valence-corrected chi connectivity index (χ0v) is 23.2. The largest absolute Gasteiger partial charge is 0.477 e. The van der Waals surface area contributed by atoms with Gasteiger partial charge in [0, 0.05) is 36.8 Å². The van der Waals surface area contributed by atoms with Crippen LogP contribution in [0.25, 0.3) is 0 Å². The van der Waals surface area contributed by atoms with Crippen molar-refractivity contribution in [2.75, 3.05) is 18.1 Å². The molecule has 1 aromatic rings. The Morgan fingerprint density at radius 2 is 1.95 bits per heavy atom. The molecule has 1 aromatic heterocycles. The first-order valence-corrected chi connectivity index (χ1v) is 14.1. The fourth-order valence-electron chi connectivity index (χ4n) is 5.25. The average molecular weight is 530 g/mol. The highest BCUT2D eigenvalue weighted by Gasteiger charge is 2.42. The SMILES string of the molecule is CC1=CC[C@@H](C(=O)N(c2cc(C#CC(C)(C)C)sc2C(=O)O)[C@H]2CC[C@](O)(O[C@H]3CCOC3)CC2)CC1. The number of carbonyl (C=O) groups is 2. The lowest BCUT2D eigenvalue weighted by atomic mass is 9.85. The second-order valence-electron chi connectivity index (χ2n) is 11.6.